The largest absolute Gasteiger partial charge is 0.481 e. The smallest absolute Gasteiger partial charge is 0.241 e. The van der Waals surface area contributed by atoms with Gasteiger partial charge < -0.3 is 4.74 Å². The fraction of sp³-hybridized carbons (Fsp3) is 0.167. The molecule has 0 radical (unpaired) electrons. The summed E-state index contributed by atoms with van der Waals surface area (Å²) in [5.74, 6) is 0.470. The summed E-state index contributed by atoms with van der Waals surface area (Å²) >= 11 is 5.67. The monoisotopic (exact) mass is 313 g/mol. The molecule has 0 saturated heterocycles. The van der Waals surface area contributed by atoms with Gasteiger partial charge in [0.1, 0.15) is 5.15 Å². The first-order valence-electron chi connectivity index (χ1n) is 5.61. The second kappa shape index (κ2) is 6.17. The molecule has 0 spiro atoms. The van der Waals surface area contributed by atoms with Crippen molar-refractivity contribution in [1.29, 1.82) is 0 Å². The second-order valence-electron chi connectivity index (χ2n) is 3.85. The molecule has 2 aromatic rings. The van der Waals surface area contributed by atoms with Crippen LogP contribution in [0.1, 0.15) is 5.56 Å². The Bertz CT molecular complexity index is 689. The molecule has 0 aliphatic rings. The molecular weight excluding hydrogens is 302 g/mol. The van der Waals surface area contributed by atoms with E-state index in [1.807, 2.05) is 0 Å². The van der Waals surface area contributed by atoms with Gasteiger partial charge in [0, 0.05) is 25.0 Å². The van der Waals surface area contributed by atoms with E-state index in [-0.39, 0.29) is 16.6 Å². The van der Waals surface area contributed by atoms with Crippen LogP contribution in [-0.4, -0.2) is 25.5 Å². The molecule has 1 N–H and O–H groups in total. The molecule has 0 aromatic carbocycles. The maximum Gasteiger partial charge on any atom is 0.241 e. The molecule has 0 amide bonds. The van der Waals surface area contributed by atoms with Gasteiger partial charge in [-0.2, -0.15) is 0 Å². The normalized spacial score (nSPS) is 11.3. The minimum atomic E-state index is -3.63. The lowest BCUT2D eigenvalue weighted by Gasteiger charge is -2.07. The van der Waals surface area contributed by atoms with Gasteiger partial charge in [0.25, 0.3) is 0 Å². The molecule has 0 bridgehead atoms. The maximum absolute atomic E-state index is 12.0. The van der Waals surface area contributed by atoms with Gasteiger partial charge in [0.05, 0.1) is 12.0 Å². The van der Waals surface area contributed by atoms with Crippen LogP contribution in [0.5, 0.6) is 5.88 Å². The third-order valence-corrected chi connectivity index (χ3v) is 4.09. The van der Waals surface area contributed by atoms with E-state index in [0.717, 1.165) is 5.56 Å². The highest BCUT2D eigenvalue weighted by molar-refractivity contribution is 7.89. The third kappa shape index (κ3) is 3.66. The molecule has 2 aromatic heterocycles. The van der Waals surface area contributed by atoms with Gasteiger partial charge in [-0.15, -0.1) is 0 Å². The number of ether oxygens (including phenoxy) is 1. The Kier molecular flexibility index (Phi) is 4.53. The van der Waals surface area contributed by atoms with Crippen LogP contribution < -0.4 is 9.46 Å². The van der Waals surface area contributed by atoms with Crippen molar-refractivity contribution in [1.82, 2.24) is 14.7 Å². The van der Waals surface area contributed by atoms with Crippen molar-refractivity contribution in [3.05, 3.63) is 47.4 Å². The topological polar surface area (TPSA) is 81.2 Å². The Labute approximate surface area is 121 Å². The van der Waals surface area contributed by atoms with E-state index in [1.54, 1.807) is 18.3 Å². The van der Waals surface area contributed by atoms with Crippen LogP contribution in [0.15, 0.2) is 41.6 Å². The molecule has 8 heteroatoms. The van der Waals surface area contributed by atoms with Crippen LogP contribution in [0.2, 0.25) is 5.15 Å². The van der Waals surface area contributed by atoms with Crippen molar-refractivity contribution in [3.8, 4) is 5.88 Å². The summed E-state index contributed by atoms with van der Waals surface area (Å²) < 4.78 is 31.5. The lowest BCUT2D eigenvalue weighted by Crippen LogP contribution is -2.23. The van der Waals surface area contributed by atoms with Crippen LogP contribution in [0.3, 0.4) is 0 Å². The molecule has 0 fully saturated rings. The molecule has 0 aliphatic heterocycles. The van der Waals surface area contributed by atoms with E-state index in [1.165, 1.54) is 25.4 Å². The molecule has 0 atom stereocenters. The van der Waals surface area contributed by atoms with E-state index < -0.39 is 10.0 Å². The van der Waals surface area contributed by atoms with Crippen molar-refractivity contribution < 1.29 is 13.2 Å². The zero-order valence-electron chi connectivity index (χ0n) is 10.6. The van der Waals surface area contributed by atoms with Crippen molar-refractivity contribution in [2.75, 3.05) is 7.11 Å². The predicted octanol–water partition coefficient (Wildman–Crippen LogP) is 1.62. The van der Waals surface area contributed by atoms with Gasteiger partial charge >= 0.3 is 0 Å². The number of halogens is 1. The van der Waals surface area contributed by atoms with E-state index >= 15 is 0 Å². The minimum absolute atomic E-state index is 0.0685. The van der Waals surface area contributed by atoms with Crippen LogP contribution in [0.4, 0.5) is 0 Å². The number of hydrogen-bond donors (Lipinski definition) is 1. The first-order chi connectivity index (χ1) is 9.51. The fourth-order valence-corrected chi connectivity index (χ4v) is 2.72. The van der Waals surface area contributed by atoms with Crippen molar-refractivity contribution >= 4 is 21.6 Å². The number of nitrogens with zero attached hydrogens (tertiary/aromatic N) is 2. The minimum Gasteiger partial charge on any atom is -0.481 e. The molecule has 106 valence electrons. The quantitative estimate of drug-likeness (QED) is 0.848. The Balaban J connectivity index is 2.09. The van der Waals surface area contributed by atoms with Gasteiger partial charge in [-0.3, -0.25) is 0 Å². The Morgan fingerprint density at radius 1 is 1.30 bits per heavy atom. The van der Waals surface area contributed by atoms with Crippen molar-refractivity contribution in [2.45, 2.75) is 11.4 Å². The summed E-state index contributed by atoms with van der Waals surface area (Å²) in [6, 6.07) is 6.05. The predicted molar refractivity (Wildman–Crippen MR) is 74.1 cm³/mol. The molecule has 0 saturated carbocycles. The standard InChI is InChI=1S/C12H12ClN3O3S/c1-19-12-3-2-9(7-15-12)8-16-20(17,18)10-4-5-14-11(13)6-10/h2-7,16H,8H2,1H3. The summed E-state index contributed by atoms with van der Waals surface area (Å²) in [6.07, 6.45) is 2.88. The highest BCUT2D eigenvalue weighted by Gasteiger charge is 2.14. The summed E-state index contributed by atoms with van der Waals surface area (Å²) in [4.78, 5) is 7.81. The molecule has 20 heavy (non-hydrogen) atoms. The molecule has 2 rings (SSSR count). The maximum atomic E-state index is 12.0. The lowest BCUT2D eigenvalue weighted by molar-refractivity contribution is 0.397. The number of rotatable bonds is 5. The van der Waals surface area contributed by atoms with Crippen LogP contribution in [0, 0.1) is 0 Å². The third-order valence-electron chi connectivity index (χ3n) is 2.48. The molecule has 0 unspecified atom stereocenters. The van der Waals surface area contributed by atoms with Gasteiger partial charge in [-0.1, -0.05) is 17.7 Å². The fourth-order valence-electron chi connectivity index (χ4n) is 1.45. The number of pyridine rings is 2. The van der Waals surface area contributed by atoms with E-state index in [9.17, 15) is 8.42 Å². The van der Waals surface area contributed by atoms with Crippen LogP contribution >= 0.6 is 11.6 Å². The van der Waals surface area contributed by atoms with Crippen LogP contribution in [-0.2, 0) is 16.6 Å². The van der Waals surface area contributed by atoms with Crippen molar-refractivity contribution in [2.24, 2.45) is 0 Å². The zero-order valence-corrected chi connectivity index (χ0v) is 12.1. The summed E-state index contributed by atoms with van der Waals surface area (Å²) in [6.45, 7) is 0.124. The SMILES string of the molecule is COc1ccc(CNS(=O)(=O)c2ccnc(Cl)c2)cn1. The molecule has 2 heterocycles. The first kappa shape index (κ1) is 14.7. The molecule has 6 nitrogen and oxygen atoms in total. The number of aromatic nitrogens is 2. The average Bonchev–Trinajstić information content (AvgIpc) is 2.46. The van der Waals surface area contributed by atoms with Gasteiger partial charge in [0.15, 0.2) is 0 Å². The summed E-state index contributed by atoms with van der Waals surface area (Å²) in [5, 5.41) is 0.124. The lowest BCUT2D eigenvalue weighted by atomic mass is 10.3. The van der Waals surface area contributed by atoms with Crippen molar-refractivity contribution in [3.63, 3.8) is 0 Å². The van der Waals surface area contributed by atoms with Gasteiger partial charge in [0.2, 0.25) is 15.9 Å². The number of sulfonamides is 1. The zero-order chi connectivity index (χ0) is 14.6. The Morgan fingerprint density at radius 2 is 2.10 bits per heavy atom. The van der Waals surface area contributed by atoms with Crippen LogP contribution in [0.25, 0.3) is 0 Å². The van der Waals surface area contributed by atoms with E-state index in [2.05, 4.69) is 14.7 Å². The molecular formula is C12H12ClN3O3S. The Hall–Kier alpha value is -1.70. The number of hydrogen-bond acceptors (Lipinski definition) is 5. The second-order valence-corrected chi connectivity index (χ2v) is 6.00. The Morgan fingerprint density at radius 3 is 2.70 bits per heavy atom. The summed E-state index contributed by atoms with van der Waals surface area (Å²) in [5.41, 5.74) is 0.717. The highest BCUT2D eigenvalue weighted by Crippen LogP contribution is 2.13. The first-order valence-corrected chi connectivity index (χ1v) is 7.47. The summed E-state index contributed by atoms with van der Waals surface area (Å²) in [7, 11) is -2.12. The number of nitrogens with one attached hydrogen (secondary N) is 1. The highest BCUT2D eigenvalue weighted by atomic mass is 35.5. The number of methoxy groups -OCH3 is 1. The average molecular weight is 314 g/mol. The van der Waals surface area contributed by atoms with Gasteiger partial charge in [-0.05, 0) is 17.7 Å². The van der Waals surface area contributed by atoms with Gasteiger partial charge in [-0.25, -0.2) is 23.1 Å². The van der Waals surface area contributed by atoms with E-state index in [0.29, 0.717) is 5.88 Å². The molecule has 0 aliphatic carbocycles. The van der Waals surface area contributed by atoms with E-state index in [4.69, 9.17) is 16.3 Å².